The molecule has 1 heterocycles. The third-order valence-corrected chi connectivity index (χ3v) is 4.28. The molecule has 4 nitrogen and oxygen atoms in total. The molecule has 106 valence electrons. The van der Waals surface area contributed by atoms with Crippen molar-refractivity contribution >= 4 is 9.84 Å². The quantitative estimate of drug-likeness (QED) is 0.849. The van der Waals surface area contributed by atoms with E-state index in [1.807, 2.05) is 0 Å². The minimum atomic E-state index is -3.41. The first-order chi connectivity index (χ1) is 9.50. The lowest BCUT2D eigenvalue weighted by Gasteiger charge is -2.09. The first-order valence-corrected chi connectivity index (χ1v) is 7.74. The molecule has 0 amide bonds. The molecule has 0 aliphatic heterocycles. The summed E-state index contributed by atoms with van der Waals surface area (Å²) in [4.78, 5) is 3.83. The number of halogens is 1. The van der Waals surface area contributed by atoms with Crippen LogP contribution in [0.15, 0.2) is 42.7 Å². The first-order valence-electron chi connectivity index (χ1n) is 5.92. The van der Waals surface area contributed by atoms with E-state index in [1.165, 1.54) is 37.7 Å². The van der Waals surface area contributed by atoms with Gasteiger partial charge in [-0.1, -0.05) is 0 Å². The van der Waals surface area contributed by atoms with Crippen molar-refractivity contribution in [3.63, 3.8) is 0 Å². The zero-order chi connectivity index (χ0) is 14.6. The summed E-state index contributed by atoms with van der Waals surface area (Å²) in [6.07, 6.45) is 3.07. The van der Waals surface area contributed by atoms with Crippen LogP contribution >= 0.6 is 0 Å². The number of hydrogen-bond acceptors (Lipinski definition) is 4. The first kappa shape index (κ1) is 14.5. The molecular weight excluding hydrogens is 281 g/mol. The molecule has 6 heteroatoms. The number of ether oxygens (including phenoxy) is 1. The molecule has 0 aliphatic rings. The Bertz CT molecular complexity index is 687. The van der Waals surface area contributed by atoms with Gasteiger partial charge in [-0.25, -0.2) is 12.8 Å². The zero-order valence-corrected chi connectivity index (χ0v) is 11.7. The summed E-state index contributed by atoms with van der Waals surface area (Å²) in [6.45, 7) is 0. The van der Waals surface area contributed by atoms with Gasteiger partial charge in [-0.15, -0.1) is 0 Å². The number of pyridine rings is 1. The fraction of sp³-hybridized carbons (Fsp3) is 0.214. The van der Waals surface area contributed by atoms with Crippen LogP contribution in [0.25, 0.3) is 0 Å². The second kappa shape index (κ2) is 6.00. The topological polar surface area (TPSA) is 56.3 Å². The van der Waals surface area contributed by atoms with E-state index >= 15 is 0 Å². The molecule has 0 unspecified atom stereocenters. The summed E-state index contributed by atoms with van der Waals surface area (Å²) in [7, 11) is -1.99. The summed E-state index contributed by atoms with van der Waals surface area (Å²) in [5, 5.41) is 0. The number of aromatic nitrogens is 1. The fourth-order valence-corrected chi connectivity index (χ4v) is 3.38. The molecule has 0 saturated carbocycles. The maximum Gasteiger partial charge on any atom is 0.158 e. The standard InChI is InChI=1S/C14H14FNO3S/c1-19-14-3-2-13(15)8-12(14)10-20(17,18)9-11-4-6-16-7-5-11/h2-8H,9-10H2,1H3. The van der Waals surface area contributed by atoms with Crippen molar-refractivity contribution in [3.8, 4) is 5.75 Å². The summed E-state index contributed by atoms with van der Waals surface area (Å²) >= 11 is 0. The van der Waals surface area contributed by atoms with Crippen molar-refractivity contribution in [1.29, 1.82) is 0 Å². The van der Waals surface area contributed by atoms with Crippen LogP contribution in [0.2, 0.25) is 0 Å². The molecule has 2 rings (SSSR count). The molecule has 0 bridgehead atoms. The third kappa shape index (κ3) is 3.77. The minimum Gasteiger partial charge on any atom is -0.496 e. The molecule has 0 aliphatic carbocycles. The number of methoxy groups -OCH3 is 1. The average molecular weight is 295 g/mol. The van der Waals surface area contributed by atoms with Crippen LogP contribution in [0.3, 0.4) is 0 Å². The van der Waals surface area contributed by atoms with Gasteiger partial charge in [-0.3, -0.25) is 4.98 Å². The van der Waals surface area contributed by atoms with E-state index in [-0.39, 0.29) is 11.5 Å². The van der Waals surface area contributed by atoms with Gasteiger partial charge >= 0.3 is 0 Å². The average Bonchev–Trinajstić information content (AvgIpc) is 2.39. The van der Waals surface area contributed by atoms with E-state index in [1.54, 1.807) is 12.1 Å². The van der Waals surface area contributed by atoms with E-state index in [0.29, 0.717) is 16.9 Å². The molecule has 20 heavy (non-hydrogen) atoms. The number of hydrogen-bond donors (Lipinski definition) is 0. The van der Waals surface area contributed by atoms with E-state index in [9.17, 15) is 12.8 Å². The maximum absolute atomic E-state index is 13.2. The van der Waals surface area contributed by atoms with Gasteiger partial charge in [0.25, 0.3) is 0 Å². The van der Waals surface area contributed by atoms with Crippen molar-refractivity contribution in [2.45, 2.75) is 11.5 Å². The Balaban J connectivity index is 2.22. The Morgan fingerprint density at radius 2 is 1.85 bits per heavy atom. The van der Waals surface area contributed by atoms with Gasteiger partial charge in [-0.05, 0) is 35.9 Å². The molecular formula is C14H14FNO3S. The lowest BCUT2D eigenvalue weighted by molar-refractivity contribution is 0.409. The molecule has 0 spiro atoms. The molecule has 1 aromatic carbocycles. The van der Waals surface area contributed by atoms with E-state index in [0.717, 1.165) is 0 Å². The molecule has 2 aromatic rings. The highest BCUT2D eigenvalue weighted by atomic mass is 32.2. The summed E-state index contributed by atoms with van der Waals surface area (Å²) in [5.74, 6) is -0.504. The van der Waals surface area contributed by atoms with Crippen molar-refractivity contribution in [3.05, 3.63) is 59.7 Å². The van der Waals surface area contributed by atoms with Crippen LogP contribution in [0.5, 0.6) is 5.75 Å². The second-order valence-electron chi connectivity index (χ2n) is 4.34. The van der Waals surface area contributed by atoms with Gasteiger partial charge in [0.15, 0.2) is 9.84 Å². The predicted octanol–water partition coefficient (Wildman–Crippen LogP) is 2.34. The van der Waals surface area contributed by atoms with Gasteiger partial charge in [0.1, 0.15) is 11.6 Å². The van der Waals surface area contributed by atoms with Crippen LogP contribution in [-0.2, 0) is 21.3 Å². The van der Waals surface area contributed by atoms with Crippen molar-refractivity contribution < 1.29 is 17.5 Å². The molecule has 0 N–H and O–H groups in total. The highest BCUT2D eigenvalue weighted by Gasteiger charge is 2.16. The van der Waals surface area contributed by atoms with Crippen molar-refractivity contribution in [2.24, 2.45) is 0 Å². The summed E-state index contributed by atoms with van der Waals surface area (Å²) < 4.78 is 42.6. The largest absolute Gasteiger partial charge is 0.496 e. The third-order valence-electron chi connectivity index (χ3n) is 2.75. The van der Waals surface area contributed by atoms with Gasteiger partial charge in [0.2, 0.25) is 0 Å². The lowest BCUT2D eigenvalue weighted by Crippen LogP contribution is -2.09. The second-order valence-corrected chi connectivity index (χ2v) is 6.41. The normalized spacial score (nSPS) is 11.3. The smallest absolute Gasteiger partial charge is 0.158 e. The number of sulfone groups is 1. The summed E-state index contributed by atoms with van der Waals surface area (Å²) in [6, 6.07) is 7.12. The predicted molar refractivity (Wildman–Crippen MR) is 73.5 cm³/mol. The molecule has 0 saturated heterocycles. The van der Waals surface area contributed by atoms with Crippen LogP contribution in [-0.4, -0.2) is 20.5 Å². The molecule has 1 aromatic heterocycles. The van der Waals surface area contributed by atoms with Gasteiger partial charge < -0.3 is 4.74 Å². The Kier molecular flexibility index (Phi) is 4.34. The Hall–Kier alpha value is -1.95. The SMILES string of the molecule is COc1ccc(F)cc1CS(=O)(=O)Cc1ccncc1. The Labute approximate surface area is 117 Å². The Morgan fingerprint density at radius 1 is 1.15 bits per heavy atom. The van der Waals surface area contributed by atoms with Crippen LogP contribution in [0.1, 0.15) is 11.1 Å². The monoisotopic (exact) mass is 295 g/mol. The molecule has 0 atom stereocenters. The Morgan fingerprint density at radius 3 is 2.50 bits per heavy atom. The van der Waals surface area contributed by atoms with Gasteiger partial charge in [0, 0.05) is 18.0 Å². The number of benzene rings is 1. The highest BCUT2D eigenvalue weighted by molar-refractivity contribution is 7.89. The number of nitrogens with zero attached hydrogens (tertiary/aromatic N) is 1. The van der Waals surface area contributed by atoms with Gasteiger partial charge in [0.05, 0.1) is 18.6 Å². The van der Waals surface area contributed by atoms with Crippen molar-refractivity contribution in [1.82, 2.24) is 4.98 Å². The minimum absolute atomic E-state index is 0.116. The van der Waals surface area contributed by atoms with Crippen LogP contribution in [0, 0.1) is 5.82 Å². The van der Waals surface area contributed by atoms with Crippen molar-refractivity contribution in [2.75, 3.05) is 7.11 Å². The van der Waals surface area contributed by atoms with Gasteiger partial charge in [-0.2, -0.15) is 0 Å². The summed E-state index contributed by atoms with van der Waals surface area (Å²) in [5.41, 5.74) is 0.969. The zero-order valence-electron chi connectivity index (χ0n) is 10.9. The van der Waals surface area contributed by atoms with E-state index in [4.69, 9.17) is 4.74 Å². The van der Waals surface area contributed by atoms with Crippen LogP contribution < -0.4 is 4.74 Å². The number of rotatable bonds is 5. The maximum atomic E-state index is 13.2. The van der Waals surface area contributed by atoms with Crippen LogP contribution in [0.4, 0.5) is 4.39 Å². The van der Waals surface area contributed by atoms with E-state index < -0.39 is 15.7 Å². The van der Waals surface area contributed by atoms with E-state index in [2.05, 4.69) is 4.98 Å². The lowest BCUT2D eigenvalue weighted by atomic mass is 10.2. The highest BCUT2D eigenvalue weighted by Crippen LogP contribution is 2.23. The molecule has 0 radical (unpaired) electrons. The fourth-order valence-electron chi connectivity index (χ4n) is 1.88. The molecule has 0 fully saturated rings.